The molecule has 0 atom stereocenters. The summed E-state index contributed by atoms with van der Waals surface area (Å²) < 4.78 is 0. The van der Waals surface area contributed by atoms with Gasteiger partial charge in [0, 0.05) is 26.2 Å². The van der Waals surface area contributed by atoms with Crippen LogP contribution in [-0.2, 0) is 0 Å². The average molecular weight is 193 g/mol. The van der Waals surface area contributed by atoms with E-state index in [0.29, 0.717) is 5.69 Å². The smallest absolute Gasteiger partial charge is 0.155 e. The predicted molar refractivity (Wildman–Crippen MR) is 56.2 cm³/mol. The third-order valence-electron chi connectivity index (χ3n) is 2.52. The molecule has 5 nitrogen and oxygen atoms in total. The molecule has 14 heavy (non-hydrogen) atoms. The maximum Gasteiger partial charge on any atom is 0.155 e. The van der Waals surface area contributed by atoms with Crippen molar-refractivity contribution in [2.75, 3.05) is 43.9 Å². The van der Waals surface area contributed by atoms with Crippen LogP contribution in [0.15, 0.2) is 12.5 Å². The molecule has 0 unspecified atom stereocenters. The summed E-state index contributed by atoms with van der Waals surface area (Å²) in [6, 6.07) is 0. The first-order chi connectivity index (χ1) is 6.77. The number of likely N-dealkylation sites (N-methyl/N-ethyl adjacent to an activating group) is 1. The highest BCUT2D eigenvalue weighted by molar-refractivity contribution is 5.61. The normalized spacial score (nSPS) is 18.5. The molecular formula is C9H15N5. The summed E-state index contributed by atoms with van der Waals surface area (Å²) in [7, 11) is 2.13. The highest BCUT2D eigenvalue weighted by Crippen LogP contribution is 2.18. The lowest BCUT2D eigenvalue weighted by Crippen LogP contribution is -2.45. The van der Waals surface area contributed by atoms with Crippen LogP contribution in [0.5, 0.6) is 0 Å². The van der Waals surface area contributed by atoms with Gasteiger partial charge >= 0.3 is 0 Å². The van der Waals surface area contributed by atoms with Crippen LogP contribution in [-0.4, -0.2) is 48.1 Å². The zero-order valence-electron chi connectivity index (χ0n) is 8.35. The van der Waals surface area contributed by atoms with E-state index < -0.39 is 0 Å². The van der Waals surface area contributed by atoms with Gasteiger partial charge in [-0.05, 0) is 7.05 Å². The molecule has 0 amide bonds. The number of nitrogens with zero attached hydrogens (tertiary/aromatic N) is 4. The molecule has 2 rings (SSSR count). The van der Waals surface area contributed by atoms with Gasteiger partial charge in [0.1, 0.15) is 6.33 Å². The minimum absolute atomic E-state index is 0.664. The molecule has 76 valence electrons. The van der Waals surface area contributed by atoms with Gasteiger partial charge in [-0.25, -0.2) is 9.97 Å². The monoisotopic (exact) mass is 193 g/mol. The van der Waals surface area contributed by atoms with E-state index >= 15 is 0 Å². The number of piperazine rings is 1. The van der Waals surface area contributed by atoms with Gasteiger partial charge in [-0.15, -0.1) is 0 Å². The van der Waals surface area contributed by atoms with E-state index in [0.717, 1.165) is 32.0 Å². The summed E-state index contributed by atoms with van der Waals surface area (Å²) in [5, 5.41) is 0. The summed E-state index contributed by atoms with van der Waals surface area (Å²) in [5.41, 5.74) is 6.47. The third kappa shape index (κ3) is 1.77. The number of rotatable bonds is 1. The van der Waals surface area contributed by atoms with Gasteiger partial charge in [0.05, 0.1) is 11.9 Å². The van der Waals surface area contributed by atoms with E-state index in [1.165, 1.54) is 0 Å². The van der Waals surface area contributed by atoms with Crippen molar-refractivity contribution < 1.29 is 0 Å². The number of anilines is 2. The van der Waals surface area contributed by atoms with Crippen LogP contribution in [0.3, 0.4) is 0 Å². The summed E-state index contributed by atoms with van der Waals surface area (Å²) in [4.78, 5) is 12.6. The molecule has 0 spiro atoms. The van der Waals surface area contributed by atoms with Crippen molar-refractivity contribution >= 4 is 11.5 Å². The molecule has 1 saturated heterocycles. The Bertz CT molecular complexity index is 306. The maximum absolute atomic E-state index is 5.81. The third-order valence-corrected chi connectivity index (χ3v) is 2.52. The van der Waals surface area contributed by atoms with Gasteiger partial charge in [0.15, 0.2) is 5.82 Å². The fraction of sp³-hybridized carbons (Fsp3) is 0.556. The van der Waals surface area contributed by atoms with Crippen molar-refractivity contribution in [3.05, 3.63) is 12.5 Å². The lowest BCUT2D eigenvalue weighted by Gasteiger charge is -2.33. The standard InChI is InChI=1S/C9H15N5/c1-13-2-4-14(5-3-13)9-8(10)6-11-7-12-9/h6-7H,2-5,10H2,1H3. The van der Waals surface area contributed by atoms with Crippen LogP contribution in [0.2, 0.25) is 0 Å². The van der Waals surface area contributed by atoms with Gasteiger partial charge < -0.3 is 15.5 Å². The maximum atomic E-state index is 5.81. The first kappa shape index (κ1) is 9.21. The molecule has 0 saturated carbocycles. The highest BCUT2D eigenvalue weighted by Gasteiger charge is 2.16. The number of nitrogens with two attached hydrogens (primary N) is 1. The van der Waals surface area contributed by atoms with Gasteiger partial charge in [-0.1, -0.05) is 0 Å². The van der Waals surface area contributed by atoms with Crippen LogP contribution >= 0.6 is 0 Å². The molecule has 1 fully saturated rings. The Morgan fingerprint density at radius 3 is 2.64 bits per heavy atom. The zero-order valence-corrected chi connectivity index (χ0v) is 8.35. The van der Waals surface area contributed by atoms with E-state index in [9.17, 15) is 0 Å². The molecule has 2 heterocycles. The van der Waals surface area contributed by atoms with E-state index in [1.807, 2.05) is 0 Å². The second-order valence-corrected chi connectivity index (χ2v) is 3.59. The number of nitrogen functional groups attached to an aromatic ring is 1. The van der Waals surface area contributed by atoms with E-state index in [2.05, 4.69) is 26.8 Å². The number of hydrogen-bond donors (Lipinski definition) is 1. The Kier molecular flexibility index (Phi) is 2.49. The van der Waals surface area contributed by atoms with Crippen molar-refractivity contribution in [1.29, 1.82) is 0 Å². The van der Waals surface area contributed by atoms with E-state index in [-0.39, 0.29) is 0 Å². The van der Waals surface area contributed by atoms with Crippen LogP contribution in [0.1, 0.15) is 0 Å². The molecular weight excluding hydrogens is 178 g/mol. The lowest BCUT2D eigenvalue weighted by molar-refractivity contribution is 0.312. The Morgan fingerprint density at radius 1 is 1.29 bits per heavy atom. The van der Waals surface area contributed by atoms with Crippen molar-refractivity contribution in [2.45, 2.75) is 0 Å². The first-order valence-corrected chi connectivity index (χ1v) is 4.76. The van der Waals surface area contributed by atoms with E-state index in [1.54, 1.807) is 12.5 Å². The molecule has 1 aliphatic heterocycles. The Morgan fingerprint density at radius 2 is 2.00 bits per heavy atom. The molecule has 0 radical (unpaired) electrons. The number of aromatic nitrogens is 2. The summed E-state index contributed by atoms with van der Waals surface area (Å²) in [6.45, 7) is 4.09. The SMILES string of the molecule is CN1CCN(c2ncncc2N)CC1. The molecule has 2 N–H and O–H groups in total. The highest BCUT2D eigenvalue weighted by atomic mass is 15.3. The fourth-order valence-electron chi connectivity index (χ4n) is 1.62. The summed E-state index contributed by atoms with van der Waals surface area (Å²) >= 11 is 0. The Hall–Kier alpha value is -1.36. The first-order valence-electron chi connectivity index (χ1n) is 4.76. The van der Waals surface area contributed by atoms with Crippen molar-refractivity contribution in [3.8, 4) is 0 Å². The van der Waals surface area contributed by atoms with Crippen LogP contribution < -0.4 is 10.6 Å². The Labute approximate surface area is 83.5 Å². The molecule has 0 aliphatic carbocycles. The van der Waals surface area contributed by atoms with Crippen molar-refractivity contribution in [1.82, 2.24) is 14.9 Å². The van der Waals surface area contributed by atoms with Crippen LogP contribution in [0.25, 0.3) is 0 Å². The average Bonchev–Trinajstić information content (AvgIpc) is 2.20. The molecule has 0 aromatic carbocycles. The van der Waals surface area contributed by atoms with Gasteiger partial charge in [-0.2, -0.15) is 0 Å². The van der Waals surface area contributed by atoms with Gasteiger partial charge in [-0.3, -0.25) is 0 Å². The molecule has 1 aromatic rings. The topological polar surface area (TPSA) is 58.3 Å². The minimum atomic E-state index is 0.664. The second kappa shape index (κ2) is 3.79. The summed E-state index contributed by atoms with van der Waals surface area (Å²) in [6.07, 6.45) is 3.20. The largest absolute Gasteiger partial charge is 0.394 e. The summed E-state index contributed by atoms with van der Waals surface area (Å²) in [5.74, 6) is 0.869. The molecule has 5 heteroatoms. The molecule has 0 bridgehead atoms. The van der Waals surface area contributed by atoms with Gasteiger partial charge in [0.2, 0.25) is 0 Å². The fourth-order valence-corrected chi connectivity index (χ4v) is 1.62. The minimum Gasteiger partial charge on any atom is -0.394 e. The van der Waals surface area contributed by atoms with Crippen LogP contribution in [0.4, 0.5) is 11.5 Å². The quantitative estimate of drug-likeness (QED) is 0.670. The van der Waals surface area contributed by atoms with Crippen molar-refractivity contribution in [2.24, 2.45) is 0 Å². The van der Waals surface area contributed by atoms with Crippen molar-refractivity contribution in [3.63, 3.8) is 0 Å². The second-order valence-electron chi connectivity index (χ2n) is 3.59. The lowest BCUT2D eigenvalue weighted by atomic mass is 10.3. The van der Waals surface area contributed by atoms with Gasteiger partial charge in [0.25, 0.3) is 0 Å². The van der Waals surface area contributed by atoms with E-state index in [4.69, 9.17) is 5.73 Å². The predicted octanol–water partition coefficient (Wildman–Crippen LogP) is -0.189. The molecule has 1 aliphatic rings. The van der Waals surface area contributed by atoms with Crippen LogP contribution in [0, 0.1) is 0 Å². The molecule has 1 aromatic heterocycles. The zero-order chi connectivity index (χ0) is 9.97. The number of hydrogen-bond acceptors (Lipinski definition) is 5. The Balaban J connectivity index is 2.12.